The van der Waals surface area contributed by atoms with Gasteiger partial charge in [0.25, 0.3) is 0 Å². The Morgan fingerprint density at radius 1 is 0.202 bits per heavy atom. The van der Waals surface area contributed by atoms with Crippen molar-refractivity contribution in [2.45, 2.75) is 111 Å². The molecule has 0 amide bonds. The summed E-state index contributed by atoms with van der Waals surface area (Å²) in [5.41, 5.74) is -1.00. The number of aliphatic hydroxyl groups excluding tert-OH is 19. The number of aliphatic hydroxyl groups is 19. The van der Waals surface area contributed by atoms with Crippen molar-refractivity contribution in [3.8, 4) is 0 Å². The van der Waals surface area contributed by atoms with Crippen molar-refractivity contribution >= 4 is 0 Å². The first-order chi connectivity index (χ1) is 42.7. The molecule has 0 saturated carbocycles. The van der Waals surface area contributed by atoms with E-state index in [0.29, 0.717) is 6.42 Å². The minimum Gasteiger partial charge on any atom is -0.394 e. The summed E-state index contributed by atoms with van der Waals surface area (Å²) in [7, 11) is 0. The first-order valence-electron chi connectivity index (χ1n) is 29.5. The summed E-state index contributed by atoms with van der Waals surface area (Å²) in [5.74, 6) is 0. The zero-order valence-corrected chi connectivity index (χ0v) is 51.2. The molecule has 0 saturated heterocycles. The van der Waals surface area contributed by atoms with Crippen molar-refractivity contribution in [1.82, 2.24) is 0 Å². The van der Waals surface area contributed by atoms with Crippen molar-refractivity contribution in [2.75, 3.05) is 231 Å². The van der Waals surface area contributed by atoms with Gasteiger partial charge in [0.05, 0.1) is 231 Å². The highest BCUT2D eigenvalue weighted by Crippen LogP contribution is 2.25. The zero-order valence-electron chi connectivity index (χ0n) is 51.2. The number of ether oxygens (including phenoxy) is 16. The van der Waals surface area contributed by atoms with E-state index in [2.05, 4.69) is 0 Å². The summed E-state index contributed by atoms with van der Waals surface area (Å²) in [6, 6.07) is 0. The van der Waals surface area contributed by atoms with Gasteiger partial charge in [-0.15, -0.1) is 0 Å². The Hall–Kier alpha value is -1.40. The van der Waals surface area contributed by atoms with Crippen molar-refractivity contribution in [3.05, 3.63) is 0 Å². The van der Waals surface area contributed by atoms with Crippen LogP contribution < -0.4 is 0 Å². The van der Waals surface area contributed by atoms with E-state index in [9.17, 15) is 76.6 Å². The average Bonchev–Trinajstić information content (AvgIpc) is 3.74. The molecule has 0 aliphatic carbocycles. The normalized spacial score (nSPS) is 18.5. The number of rotatable bonds is 68. The number of hydrogen-bond acceptors (Lipinski definition) is 35. The van der Waals surface area contributed by atoms with Crippen LogP contribution in [0.5, 0.6) is 0 Å². The highest BCUT2D eigenvalue weighted by molar-refractivity contribution is 4.79. The van der Waals surface area contributed by atoms with E-state index in [0.717, 1.165) is 0 Å². The van der Waals surface area contributed by atoms with Crippen molar-refractivity contribution in [3.63, 3.8) is 0 Å². The van der Waals surface area contributed by atoms with Crippen LogP contribution in [-0.4, -0.2) is 426 Å². The molecule has 0 radical (unpaired) electrons. The summed E-state index contributed by atoms with van der Waals surface area (Å²) in [6.07, 6.45) is -17.3. The topological polar surface area (TPSA) is 532 Å². The monoisotopic (exact) mass is 1320 g/mol. The minimum absolute atomic E-state index is 0.105. The summed E-state index contributed by atoms with van der Waals surface area (Å²) >= 11 is 0. The Balaban J connectivity index is 6.39. The maximum atomic E-state index is 10.9. The van der Waals surface area contributed by atoms with Gasteiger partial charge in [0.2, 0.25) is 0 Å². The predicted octanol–water partition coefficient (Wildman–Crippen LogP) is -10.6. The first kappa shape index (κ1) is 87.6. The maximum absolute atomic E-state index is 10.9. The molecule has 0 bridgehead atoms. The Morgan fingerprint density at radius 2 is 0.382 bits per heavy atom. The highest BCUT2D eigenvalue weighted by atomic mass is 16.6. The Labute approximate surface area is 519 Å². The summed E-state index contributed by atoms with van der Waals surface area (Å²) in [5, 5.41) is 185. The lowest BCUT2D eigenvalue weighted by Crippen LogP contribution is -2.41. The van der Waals surface area contributed by atoms with E-state index in [1.807, 2.05) is 6.92 Å². The third-order valence-electron chi connectivity index (χ3n) is 12.1. The van der Waals surface area contributed by atoms with Gasteiger partial charge in [-0.3, -0.25) is 0 Å². The van der Waals surface area contributed by atoms with Gasteiger partial charge in [-0.2, -0.15) is 0 Å². The molecule has 0 aromatic heterocycles. The second kappa shape index (κ2) is 58.0. The van der Waals surface area contributed by atoms with Crippen LogP contribution in [0.1, 0.15) is 13.3 Å². The summed E-state index contributed by atoms with van der Waals surface area (Å²) < 4.78 is 90.6. The van der Waals surface area contributed by atoms with Crippen LogP contribution in [-0.2, 0) is 75.8 Å². The number of hydrogen-bond donors (Lipinski definition) is 19. The van der Waals surface area contributed by atoms with Crippen LogP contribution in [0.15, 0.2) is 0 Å². The van der Waals surface area contributed by atoms with Crippen LogP contribution in [0, 0.1) is 5.41 Å². The molecule has 17 unspecified atom stereocenters. The third kappa shape index (κ3) is 49.8. The van der Waals surface area contributed by atoms with Gasteiger partial charge in [-0.1, -0.05) is 6.92 Å². The Morgan fingerprint density at radius 3 is 0.674 bits per heavy atom. The fourth-order valence-corrected chi connectivity index (χ4v) is 6.88. The molecule has 0 aliphatic rings. The van der Waals surface area contributed by atoms with Gasteiger partial charge in [0.1, 0.15) is 97.7 Å². The molecule has 536 valence electrons. The Bertz CT molecular complexity index is 1510. The van der Waals surface area contributed by atoms with Crippen LogP contribution in [0.3, 0.4) is 0 Å². The van der Waals surface area contributed by atoms with Crippen LogP contribution in [0.2, 0.25) is 0 Å². The molecule has 0 fully saturated rings. The first-order valence-corrected chi connectivity index (χ1v) is 29.5. The fraction of sp³-hybridized carbons (Fsp3) is 1.00. The Kier molecular flexibility index (Phi) is 57.1. The van der Waals surface area contributed by atoms with Gasteiger partial charge < -0.3 is 173 Å². The largest absolute Gasteiger partial charge is 0.394 e. The molecule has 35 heteroatoms. The minimum atomic E-state index is -1.26. The van der Waals surface area contributed by atoms with Crippen molar-refractivity contribution < 1.29 is 173 Å². The van der Waals surface area contributed by atoms with E-state index in [-0.39, 0.29) is 178 Å². The lowest BCUT2D eigenvalue weighted by Gasteiger charge is -2.33. The molecule has 0 spiro atoms. The van der Waals surface area contributed by atoms with Gasteiger partial charge in [-0.05, 0) is 6.42 Å². The highest BCUT2D eigenvalue weighted by Gasteiger charge is 2.32. The summed E-state index contributed by atoms with van der Waals surface area (Å²) in [6.45, 7) is -8.92. The van der Waals surface area contributed by atoms with Crippen LogP contribution in [0.25, 0.3) is 0 Å². The van der Waals surface area contributed by atoms with E-state index >= 15 is 0 Å². The molecular weight excluding hydrogens is 1210 g/mol. The third-order valence-corrected chi connectivity index (χ3v) is 12.1. The van der Waals surface area contributed by atoms with Gasteiger partial charge in [-0.25, -0.2) is 0 Å². The fourth-order valence-electron chi connectivity index (χ4n) is 6.88. The second-order valence-electron chi connectivity index (χ2n) is 21.1. The lowest BCUT2D eigenvalue weighted by molar-refractivity contribution is -0.144. The zero-order chi connectivity index (χ0) is 66.5. The van der Waals surface area contributed by atoms with Crippen molar-refractivity contribution in [2.24, 2.45) is 5.41 Å². The standard InChI is InChI=1S/C54H110O35/c1-2-54(35-82-21-46(71)16-76-15-44(69)14-74-11-38(63)3-55,36-83-22-47(72)19-78-27-49(9-61)85-23-41(66)6-58)37-84-33-52(89-34-53(32-77-13-40(65)5-57)88-26-48(73)20-75-12-39(64)4-56)30-80-18-45(70)17-79-29-51(87-25-43(68)8-60)31-81-28-50(10-62)86-24-42(67)7-59/h38-53,55-73H,2-37H2,1H3. The van der Waals surface area contributed by atoms with E-state index < -0.39 is 156 Å². The van der Waals surface area contributed by atoms with E-state index in [4.69, 9.17) is 96.2 Å². The van der Waals surface area contributed by atoms with Gasteiger partial charge in [0, 0.05) is 5.41 Å². The van der Waals surface area contributed by atoms with Crippen LogP contribution >= 0.6 is 0 Å². The molecule has 89 heavy (non-hydrogen) atoms. The molecule has 0 rings (SSSR count). The van der Waals surface area contributed by atoms with Gasteiger partial charge in [0.15, 0.2) is 0 Å². The van der Waals surface area contributed by atoms with E-state index in [1.165, 1.54) is 0 Å². The summed E-state index contributed by atoms with van der Waals surface area (Å²) in [4.78, 5) is 0. The molecule has 35 nitrogen and oxygen atoms in total. The SMILES string of the molecule is CCC(COCC(O)COCC(O)COCC(O)CO)(COCC(O)COCC(CO)OCC(O)CO)COCC(COCC(O)COCC(COCC(CO)OCC(O)CO)OCC(O)CO)OCC(COCC(O)CO)OCC(O)COCC(O)CO. The average molecular weight is 1320 g/mol. The van der Waals surface area contributed by atoms with E-state index in [1.54, 1.807) is 0 Å². The van der Waals surface area contributed by atoms with Crippen LogP contribution in [0.4, 0.5) is 0 Å². The van der Waals surface area contributed by atoms with Gasteiger partial charge >= 0.3 is 0 Å². The molecule has 19 N–H and O–H groups in total. The maximum Gasteiger partial charge on any atom is 0.104 e. The predicted molar refractivity (Wildman–Crippen MR) is 303 cm³/mol. The molecular formula is C54H110O35. The molecule has 17 atom stereocenters. The molecule has 0 aliphatic heterocycles. The molecule has 0 aromatic carbocycles. The lowest BCUT2D eigenvalue weighted by atomic mass is 9.88. The quantitative estimate of drug-likeness (QED) is 0.0269. The molecule has 0 aromatic rings. The molecule has 0 heterocycles. The smallest absolute Gasteiger partial charge is 0.104 e. The van der Waals surface area contributed by atoms with Crippen molar-refractivity contribution in [1.29, 1.82) is 0 Å². The second-order valence-corrected chi connectivity index (χ2v) is 21.1.